The highest BCUT2D eigenvalue weighted by Gasteiger charge is 2.40. The maximum Gasteiger partial charge on any atom is 0.241 e. The van der Waals surface area contributed by atoms with Crippen LogP contribution in [-0.2, 0) is 4.79 Å². The van der Waals surface area contributed by atoms with Crippen LogP contribution < -0.4 is 10.9 Å². The van der Waals surface area contributed by atoms with Crippen LogP contribution in [0, 0.1) is 11.8 Å². The predicted octanol–water partition coefficient (Wildman–Crippen LogP) is 1.54. The third-order valence-electron chi connectivity index (χ3n) is 6.72. The lowest BCUT2D eigenvalue weighted by Gasteiger charge is -2.26. The largest absolute Gasteiger partial charge is 0.396 e. The number of nitrogens with one attached hydrogen (secondary N) is 2. The molecule has 0 radical (unpaired) electrons. The van der Waals surface area contributed by atoms with Gasteiger partial charge in [0, 0.05) is 38.2 Å². The Morgan fingerprint density at radius 3 is 2.43 bits per heavy atom. The maximum absolute atomic E-state index is 13.1. The molecular formula is C22H34N4O2. The Morgan fingerprint density at radius 2 is 1.71 bits per heavy atom. The van der Waals surface area contributed by atoms with Crippen molar-refractivity contribution in [2.75, 3.05) is 39.3 Å². The summed E-state index contributed by atoms with van der Waals surface area (Å²) in [5, 5.41) is 9.89. The number of amides is 1. The van der Waals surface area contributed by atoms with Gasteiger partial charge in [0.15, 0.2) is 0 Å². The van der Waals surface area contributed by atoms with Gasteiger partial charge in [-0.25, -0.2) is 10.9 Å². The van der Waals surface area contributed by atoms with Crippen molar-refractivity contribution in [1.82, 2.24) is 20.7 Å². The SMILES string of the molecule is O=C(C1CC(c2ccccc2)NN1)N1C[C@@H](CO)[C@@H](CN2CCCCCC2)C1. The molecule has 0 bridgehead atoms. The number of rotatable bonds is 5. The van der Waals surface area contributed by atoms with Crippen molar-refractivity contribution < 1.29 is 9.90 Å². The molecule has 6 nitrogen and oxygen atoms in total. The van der Waals surface area contributed by atoms with Gasteiger partial charge in [-0.05, 0) is 43.8 Å². The van der Waals surface area contributed by atoms with Crippen LogP contribution in [-0.4, -0.2) is 66.2 Å². The fourth-order valence-electron chi connectivity index (χ4n) is 5.03. The Labute approximate surface area is 168 Å². The summed E-state index contributed by atoms with van der Waals surface area (Å²) in [5.41, 5.74) is 7.69. The highest BCUT2D eigenvalue weighted by atomic mass is 16.3. The molecule has 0 spiro atoms. The van der Waals surface area contributed by atoms with Crippen LogP contribution in [0.5, 0.6) is 0 Å². The molecule has 3 aliphatic rings. The summed E-state index contributed by atoms with van der Waals surface area (Å²) < 4.78 is 0. The van der Waals surface area contributed by atoms with Crippen LogP contribution >= 0.6 is 0 Å². The van der Waals surface area contributed by atoms with E-state index < -0.39 is 0 Å². The zero-order valence-corrected chi connectivity index (χ0v) is 16.7. The van der Waals surface area contributed by atoms with E-state index in [9.17, 15) is 9.90 Å². The summed E-state index contributed by atoms with van der Waals surface area (Å²) in [5.74, 6) is 0.751. The van der Waals surface area contributed by atoms with Crippen molar-refractivity contribution >= 4 is 5.91 Å². The van der Waals surface area contributed by atoms with E-state index in [0.29, 0.717) is 12.5 Å². The molecule has 6 heteroatoms. The van der Waals surface area contributed by atoms with Crippen LogP contribution in [0.15, 0.2) is 30.3 Å². The van der Waals surface area contributed by atoms with Crippen LogP contribution in [0.25, 0.3) is 0 Å². The van der Waals surface area contributed by atoms with Crippen molar-refractivity contribution in [2.24, 2.45) is 11.8 Å². The monoisotopic (exact) mass is 386 g/mol. The third-order valence-corrected chi connectivity index (χ3v) is 6.72. The first kappa shape index (κ1) is 19.8. The number of aliphatic hydroxyl groups excluding tert-OH is 1. The van der Waals surface area contributed by atoms with E-state index >= 15 is 0 Å². The number of carbonyl (C=O) groups excluding carboxylic acids is 1. The Hall–Kier alpha value is -1.47. The second-order valence-corrected chi connectivity index (χ2v) is 8.70. The van der Waals surface area contributed by atoms with Crippen LogP contribution in [0.1, 0.15) is 43.7 Å². The summed E-state index contributed by atoms with van der Waals surface area (Å²) in [6.07, 6.45) is 5.98. The van der Waals surface area contributed by atoms with Gasteiger partial charge in [-0.15, -0.1) is 0 Å². The number of likely N-dealkylation sites (tertiary alicyclic amines) is 2. The minimum Gasteiger partial charge on any atom is -0.396 e. The van der Waals surface area contributed by atoms with Gasteiger partial charge in [-0.2, -0.15) is 0 Å². The van der Waals surface area contributed by atoms with Gasteiger partial charge < -0.3 is 14.9 Å². The van der Waals surface area contributed by atoms with Gasteiger partial charge in [0.2, 0.25) is 5.91 Å². The molecule has 3 N–H and O–H groups in total. The summed E-state index contributed by atoms with van der Waals surface area (Å²) in [7, 11) is 0. The smallest absolute Gasteiger partial charge is 0.241 e. The Balaban J connectivity index is 1.33. The minimum absolute atomic E-state index is 0.166. The number of nitrogens with zero attached hydrogens (tertiary/aromatic N) is 2. The molecule has 1 aromatic rings. The summed E-state index contributed by atoms with van der Waals surface area (Å²) >= 11 is 0. The summed E-state index contributed by atoms with van der Waals surface area (Å²) in [4.78, 5) is 17.6. The molecule has 2 unspecified atom stereocenters. The standard InChI is InChI=1S/C22H34N4O2/c27-16-19-15-26(14-18(19)13-25-10-6-1-2-7-11-25)22(28)21-12-20(23-24-21)17-8-4-3-5-9-17/h3-5,8-9,18-21,23-24,27H,1-2,6-7,10-16H2/t18-,19-,20?,21?/m0/s1. The summed E-state index contributed by atoms with van der Waals surface area (Å²) in [6, 6.07) is 10.2. The molecule has 4 atom stereocenters. The van der Waals surface area contributed by atoms with Crippen molar-refractivity contribution in [2.45, 2.75) is 44.2 Å². The highest BCUT2D eigenvalue weighted by molar-refractivity contribution is 5.82. The molecule has 0 aliphatic carbocycles. The van der Waals surface area contributed by atoms with Crippen molar-refractivity contribution in [3.63, 3.8) is 0 Å². The molecule has 4 rings (SSSR count). The Kier molecular flexibility index (Phi) is 6.62. The number of aliphatic hydroxyl groups is 1. The fourth-order valence-corrected chi connectivity index (χ4v) is 5.03. The van der Waals surface area contributed by atoms with Crippen LogP contribution in [0.4, 0.5) is 0 Å². The molecule has 3 heterocycles. The van der Waals surface area contributed by atoms with E-state index in [1.54, 1.807) is 0 Å². The van der Waals surface area contributed by atoms with E-state index in [4.69, 9.17) is 0 Å². The lowest BCUT2D eigenvalue weighted by atomic mass is 9.96. The van der Waals surface area contributed by atoms with Gasteiger partial charge in [-0.3, -0.25) is 4.79 Å². The zero-order chi connectivity index (χ0) is 19.3. The number of hydrogen-bond donors (Lipinski definition) is 3. The van der Waals surface area contributed by atoms with Gasteiger partial charge >= 0.3 is 0 Å². The minimum atomic E-state index is -0.193. The molecule has 3 saturated heterocycles. The van der Waals surface area contributed by atoms with E-state index in [-0.39, 0.29) is 30.5 Å². The molecule has 0 aromatic heterocycles. The fraction of sp³-hybridized carbons (Fsp3) is 0.682. The van der Waals surface area contributed by atoms with Crippen LogP contribution in [0.3, 0.4) is 0 Å². The molecule has 1 amide bonds. The number of carbonyl (C=O) groups is 1. The Bertz CT molecular complexity index is 633. The maximum atomic E-state index is 13.1. The predicted molar refractivity (Wildman–Crippen MR) is 109 cm³/mol. The van der Waals surface area contributed by atoms with E-state index in [1.807, 2.05) is 23.1 Å². The molecule has 28 heavy (non-hydrogen) atoms. The molecule has 3 aliphatic heterocycles. The second kappa shape index (κ2) is 9.35. The van der Waals surface area contributed by atoms with E-state index in [1.165, 1.54) is 31.2 Å². The van der Waals surface area contributed by atoms with Crippen LogP contribution in [0.2, 0.25) is 0 Å². The van der Waals surface area contributed by atoms with Gasteiger partial charge in [0.1, 0.15) is 6.04 Å². The zero-order valence-electron chi connectivity index (χ0n) is 16.7. The first-order valence-electron chi connectivity index (χ1n) is 10.9. The first-order valence-corrected chi connectivity index (χ1v) is 10.9. The number of hydrogen-bond acceptors (Lipinski definition) is 5. The average Bonchev–Trinajstić information content (AvgIpc) is 3.30. The molecule has 3 fully saturated rings. The number of hydrazine groups is 1. The lowest BCUT2D eigenvalue weighted by Crippen LogP contribution is -2.45. The van der Waals surface area contributed by atoms with Crippen molar-refractivity contribution in [1.29, 1.82) is 0 Å². The number of benzene rings is 1. The Morgan fingerprint density at radius 1 is 1.00 bits per heavy atom. The molecule has 1 aromatic carbocycles. The van der Waals surface area contributed by atoms with Gasteiger partial charge in [-0.1, -0.05) is 43.2 Å². The van der Waals surface area contributed by atoms with Crippen molar-refractivity contribution in [3.8, 4) is 0 Å². The normalized spacial score (nSPS) is 31.8. The second-order valence-electron chi connectivity index (χ2n) is 8.70. The third kappa shape index (κ3) is 4.57. The van der Waals surface area contributed by atoms with E-state index in [2.05, 4.69) is 27.9 Å². The van der Waals surface area contributed by atoms with Gasteiger partial charge in [0.05, 0.1) is 0 Å². The summed E-state index contributed by atoms with van der Waals surface area (Å²) in [6.45, 7) is 4.96. The van der Waals surface area contributed by atoms with Gasteiger partial charge in [0.25, 0.3) is 0 Å². The highest BCUT2D eigenvalue weighted by Crippen LogP contribution is 2.28. The lowest BCUT2D eigenvalue weighted by molar-refractivity contribution is -0.132. The average molecular weight is 387 g/mol. The van der Waals surface area contributed by atoms with E-state index in [0.717, 1.165) is 32.6 Å². The molecule has 0 saturated carbocycles. The topological polar surface area (TPSA) is 67.8 Å². The first-order chi connectivity index (χ1) is 13.7. The van der Waals surface area contributed by atoms with Crippen molar-refractivity contribution in [3.05, 3.63) is 35.9 Å². The molecular weight excluding hydrogens is 352 g/mol. The molecule has 154 valence electrons. The quantitative estimate of drug-likeness (QED) is 0.716.